The quantitative estimate of drug-likeness (QED) is 0.818. The number of amides is 1. The van der Waals surface area contributed by atoms with Crippen LogP contribution in [0.2, 0.25) is 10.0 Å². The number of nitrogens with two attached hydrogens (primary N) is 1. The van der Waals surface area contributed by atoms with Gasteiger partial charge in [-0.05, 0) is 36.8 Å². The maximum absolute atomic E-state index is 12.2. The van der Waals surface area contributed by atoms with E-state index in [1.54, 1.807) is 36.4 Å². The Balaban J connectivity index is 2.34. The van der Waals surface area contributed by atoms with Gasteiger partial charge in [-0.25, -0.2) is 0 Å². The van der Waals surface area contributed by atoms with Crippen molar-refractivity contribution in [1.29, 1.82) is 0 Å². The molecule has 0 heterocycles. The molecule has 0 aliphatic carbocycles. The molecule has 0 bridgehead atoms. The molecule has 0 saturated heterocycles. The summed E-state index contributed by atoms with van der Waals surface area (Å²) in [5, 5.41) is 3.67. The van der Waals surface area contributed by atoms with Crippen molar-refractivity contribution >= 4 is 40.5 Å². The first kappa shape index (κ1) is 13.7. The summed E-state index contributed by atoms with van der Waals surface area (Å²) >= 11 is 12.0. The molecule has 0 radical (unpaired) electrons. The molecule has 3 nitrogen and oxygen atoms in total. The van der Waals surface area contributed by atoms with Crippen LogP contribution in [0.15, 0.2) is 36.4 Å². The Morgan fingerprint density at radius 2 is 1.74 bits per heavy atom. The van der Waals surface area contributed by atoms with Gasteiger partial charge in [-0.2, -0.15) is 0 Å². The van der Waals surface area contributed by atoms with E-state index in [0.717, 1.165) is 5.56 Å². The number of hydrogen-bond acceptors (Lipinski definition) is 2. The lowest BCUT2D eigenvalue weighted by Gasteiger charge is -2.11. The lowest BCUT2D eigenvalue weighted by atomic mass is 10.1. The molecule has 2 aromatic rings. The standard InChI is InChI=1S/C14H12Cl2N2O/c1-8-9(15)4-3-7-12(8)18-14(19)13-10(16)5-2-6-11(13)17/h2-7H,17H2,1H3,(H,18,19). The normalized spacial score (nSPS) is 10.3. The summed E-state index contributed by atoms with van der Waals surface area (Å²) in [6, 6.07) is 10.2. The van der Waals surface area contributed by atoms with Gasteiger partial charge in [0.05, 0.1) is 10.6 Å². The van der Waals surface area contributed by atoms with Crippen molar-refractivity contribution in [2.75, 3.05) is 11.1 Å². The first-order valence-corrected chi connectivity index (χ1v) is 6.36. The molecule has 0 atom stereocenters. The van der Waals surface area contributed by atoms with E-state index in [1.807, 2.05) is 6.92 Å². The van der Waals surface area contributed by atoms with E-state index in [0.29, 0.717) is 21.4 Å². The number of hydrogen-bond donors (Lipinski definition) is 2. The maximum atomic E-state index is 12.2. The van der Waals surface area contributed by atoms with Crippen molar-refractivity contribution in [3.05, 3.63) is 57.6 Å². The third-order valence-electron chi connectivity index (χ3n) is 2.79. The predicted molar refractivity (Wildman–Crippen MR) is 80.0 cm³/mol. The highest BCUT2D eigenvalue weighted by Crippen LogP contribution is 2.26. The molecule has 98 valence electrons. The SMILES string of the molecule is Cc1c(Cl)cccc1NC(=O)c1c(N)cccc1Cl. The van der Waals surface area contributed by atoms with Crippen molar-refractivity contribution in [2.24, 2.45) is 0 Å². The molecule has 0 unspecified atom stereocenters. The van der Waals surface area contributed by atoms with Gasteiger partial charge in [0, 0.05) is 16.4 Å². The smallest absolute Gasteiger partial charge is 0.259 e. The van der Waals surface area contributed by atoms with Gasteiger partial charge in [-0.1, -0.05) is 35.3 Å². The van der Waals surface area contributed by atoms with Gasteiger partial charge in [0.25, 0.3) is 5.91 Å². The largest absolute Gasteiger partial charge is 0.398 e. The Kier molecular flexibility index (Phi) is 3.98. The highest BCUT2D eigenvalue weighted by molar-refractivity contribution is 6.35. The van der Waals surface area contributed by atoms with E-state index >= 15 is 0 Å². The number of benzene rings is 2. The fourth-order valence-electron chi connectivity index (χ4n) is 1.71. The van der Waals surface area contributed by atoms with Crippen LogP contribution in [0.3, 0.4) is 0 Å². The van der Waals surface area contributed by atoms with Gasteiger partial charge < -0.3 is 11.1 Å². The van der Waals surface area contributed by atoms with Crippen molar-refractivity contribution in [3.63, 3.8) is 0 Å². The van der Waals surface area contributed by atoms with Gasteiger partial charge >= 0.3 is 0 Å². The van der Waals surface area contributed by atoms with Crippen molar-refractivity contribution in [3.8, 4) is 0 Å². The number of anilines is 2. The minimum Gasteiger partial charge on any atom is -0.398 e. The van der Waals surface area contributed by atoms with Crippen molar-refractivity contribution in [2.45, 2.75) is 6.92 Å². The number of nitrogen functional groups attached to an aromatic ring is 1. The number of carbonyl (C=O) groups is 1. The Morgan fingerprint density at radius 1 is 1.11 bits per heavy atom. The third kappa shape index (κ3) is 2.83. The number of halogens is 2. The van der Waals surface area contributed by atoms with Crippen molar-refractivity contribution in [1.82, 2.24) is 0 Å². The lowest BCUT2D eigenvalue weighted by Crippen LogP contribution is -2.15. The Labute approximate surface area is 121 Å². The van der Waals surface area contributed by atoms with Gasteiger partial charge in [0.2, 0.25) is 0 Å². The topological polar surface area (TPSA) is 55.1 Å². The average molecular weight is 295 g/mol. The average Bonchev–Trinajstić information content (AvgIpc) is 2.35. The number of nitrogens with one attached hydrogen (secondary N) is 1. The Bertz CT molecular complexity index is 621. The molecule has 0 fully saturated rings. The molecule has 2 rings (SSSR count). The predicted octanol–water partition coefficient (Wildman–Crippen LogP) is 4.14. The van der Waals surface area contributed by atoms with Crippen LogP contribution in [0, 0.1) is 6.92 Å². The minimum atomic E-state index is -0.353. The van der Waals surface area contributed by atoms with Crippen LogP contribution in [-0.4, -0.2) is 5.91 Å². The van der Waals surface area contributed by atoms with Crippen LogP contribution in [-0.2, 0) is 0 Å². The molecule has 0 saturated carbocycles. The maximum Gasteiger partial charge on any atom is 0.259 e. The molecule has 19 heavy (non-hydrogen) atoms. The second-order valence-electron chi connectivity index (χ2n) is 4.07. The fraction of sp³-hybridized carbons (Fsp3) is 0.0714. The molecule has 0 spiro atoms. The fourth-order valence-corrected chi connectivity index (χ4v) is 2.15. The van der Waals surface area contributed by atoms with E-state index in [1.165, 1.54) is 0 Å². The highest BCUT2D eigenvalue weighted by atomic mass is 35.5. The van der Waals surface area contributed by atoms with Gasteiger partial charge in [0.1, 0.15) is 0 Å². The first-order valence-electron chi connectivity index (χ1n) is 5.61. The number of rotatable bonds is 2. The molecule has 1 amide bonds. The molecule has 3 N–H and O–H groups in total. The van der Waals surface area contributed by atoms with Crippen LogP contribution < -0.4 is 11.1 Å². The first-order chi connectivity index (χ1) is 9.00. The monoisotopic (exact) mass is 294 g/mol. The second-order valence-corrected chi connectivity index (χ2v) is 4.88. The van der Waals surface area contributed by atoms with Gasteiger partial charge in [-0.15, -0.1) is 0 Å². The van der Waals surface area contributed by atoms with Crippen LogP contribution >= 0.6 is 23.2 Å². The van der Waals surface area contributed by atoms with Crippen LogP contribution in [0.5, 0.6) is 0 Å². The van der Waals surface area contributed by atoms with Crippen LogP contribution in [0.4, 0.5) is 11.4 Å². The lowest BCUT2D eigenvalue weighted by molar-refractivity contribution is 0.102. The van der Waals surface area contributed by atoms with Gasteiger partial charge in [0.15, 0.2) is 0 Å². The minimum absolute atomic E-state index is 0.267. The molecule has 5 heteroatoms. The van der Waals surface area contributed by atoms with Crippen molar-refractivity contribution < 1.29 is 4.79 Å². The summed E-state index contributed by atoms with van der Waals surface area (Å²) in [6.45, 7) is 1.83. The summed E-state index contributed by atoms with van der Waals surface area (Å²) in [7, 11) is 0. The zero-order valence-electron chi connectivity index (χ0n) is 10.2. The summed E-state index contributed by atoms with van der Waals surface area (Å²) in [6.07, 6.45) is 0. The summed E-state index contributed by atoms with van der Waals surface area (Å²) in [4.78, 5) is 12.2. The summed E-state index contributed by atoms with van der Waals surface area (Å²) in [5.41, 5.74) is 7.81. The summed E-state index contributed by atoms with van der Waals surface area (Å²) in [5.74, 6) is -0.353. The molecular formula is C14H12Cl2N2O. The van der Waals surface area contributed by atoms with E-state index in [2.05, 4.69) is 5.32 Å². The molecule has 0 aromatic heterocycles. The number of carbonyl (C=O) groups excluding carboxylic acids is 1. The zero-order chi connectivity index (χ0) is 14.0. The highest BCUT2D eigenvalue weighted by Gasteiger charge is 2.15. The van der Waals surface area contributed by atoms with E-state index in [9.17, 15) is 4.79 Å². The Hall–Kier alpha value is -1.71. The Morgan fingerprint density at radius 3 is 2.42 bits per heavy atom. The molecule has 2 aromatic carbocycles. The van der Waals surface area contributed by atoms with Crippen LogP contribution in [0.25, 0.3) is 0 Å². The molecule has 0 aliphatic rings. The molecule has 0 aliphatic heterocycles. The second kappa shape index (κ2) is 5.51. The van der Waals surface area contributed by atoms with Gasteiger partial charge in [-0.3, -0.25) is 4.79 Å². The third-order valence-corrected chi connectivity index (χ3v) is 3.51. The van der Waals surface area contributed by atoms with Crippen LogP contribution in [0.1, 0.15) is 15.9 Å². The van der Waals surface area contributed by atoms with E-state index in [-0.39, 0.29) is 11.5 Å². The molecular weight excluding hydrogens is 283 g/mol. The zero-order valence-corrected chi connectivity index (χ0v) is 11.7. The van der Waals surface area contributed by atoms with E-state index < -0.39 is 0 Å². The van der Waals surface area contributed by atoms with E-state index in [4.69, 9.17) is 28.9 Å². The summed E-state index contributed by atoms with van der Waals surface area (Å²) < 4.78 is 0.